The number of hydrogen-bond acceptors (Lipinski definition) is 3. The van der Waals surface area contributed by atoms with Gasteiger partial charge in [0.15, 0.2) is 0 Å². The third-order valence-corrected chi connectivity index (χ3v) is 3.40. The van der Waals surface area contributed by atoms with Gasteiger partial charge in [0.05, 0.1) is 29.0 Å². The zero-order valence-electron chi connectivity index (χ0n) is 11.7. The van der Waals surface area contributed by atoms with Gasteiger partial charge in [-0.05, 0) is 42.0 Å². The van der Waals surface area contributed by atoms with E-state index < -0.39 is 0 Å². The van der Waals surface area contributed by atoms with Gasteiger partial charge in [-0.3, -0.25) is 4.98 Å². The Morgan fingerprint density at radius 1 is 0.773 bits per heavy atom. The van der Waals surface area contributed by atoms with Crippen molar-refractivity contribution in [3.8, 4) is 34.5 Å². The zero-order valence-corrected chi connectivity index (χ0v) is 11.7. The van der Waals surface area contributed by atoms with Crippen LogP contribution in [0.2, 0.25) is 0 Å². The number of benzene rings is 2. The van der Waals surface area contributed by atoms with Crippen molar-refractivity contribution in [3.63, 3.8) is 0 Å². The van der Waals surface area contributed by atoms with Crippen molar-refractivity contribution >= 4 is 0 Å². The summed E-state index contributed by atoms with van der Waals surface area (Å²) < 4.78 is 0. The van der Waals surface area contributed by atoms with Crippen LogP contribution in [-0.2, 0) is 0 Å². The molecule has 0 aliphatic rings. The molecule has 3 heteroatoms. The lowest BCUT2D eigenvalue weighted by Gasteiger charge is -2.07. The molecule has 3 rings (SSSR count). The Morgan fingerprint density at radius 3 is 2.36 bits per heavy atom. The average molecular weight is 281 g/mol. The van der Waals surface area contributed by atoms with Crippen LogP contribution in [0.5, 0.6) is 0 Å². The predicted molar refractivity (Wildman–Crippen MR) is 84.5 cm³/mol. The SMILES string of the molecule is N#Cc1ccc(C#N)c(-c2cccc(-c3ccccn3)c2)c1. The van der Waals surface area contributed by atoms with Crippen LogP contribution in [0.25, 0.3) is 22.4 Å². The van der Waals surface area contributed by atoms with Crippen LogP contribution in [0.15, 0.2) is 66.9 Å². The molecule has 0 fully saturated rings. The van der Waals surface area contributed by atoms with Crippen LogP contribution in [-0.4, -0.2) is 4.98 Å². The zero-order chi connectivity index (χ0) is 15.4. The van der Waals surface area contributed by atoms with Crippen LogP contribution in [0.4, 0.5) is 0 Å². The lowest BCUT2D eigenvalue weighted by Crippen LogP contribution is -1.88. The summed E-state index contributed by atoms with van der Waals surface area (Å²) >= 11 is 0. The molecule has 0 amide bonds. The molecule has 1 aromatic heterocycles. The quantitative estimate of drug-likeness (QED) is 0.708. The van der Waals surface area contributed by atoms with E-state index in [2.05, 4.69) is 17.1 Å². The molecule has 0 aliphatic heterocycles. The largest absolute Gasteiger partial charge is 0.256 e. The second kappa shape index (κ2) is 5.91. The Hall–Kier alpha value is -3.43. The van der Waals surface area contributed by atoms with Gasteiger partial charge in [-0.15, -0.1) is 0 Å². The molecule has 3 nitrogen and oxygen atoms in total. The van der Waals surface area contributed by atoms with E-state index in [1.165, 1.54) is 0 Å². The van der Waals surface area contributed by atoms with Crippen molar-refractivity contribution in [1.82, 2.24) is 4.98 Å². The normalized spacial score (nSPS) is 9.73. The molecule has 102 valence electrons. The molecule has 0 spiro atoms. The summed E-state index contributed by atoms with van der Waals surface area (Å²) in [6, 6.07) is 23.0. The molecule has 22 heavy (non-hydrogen) atoms. The Labute approximate surface area is 128 Å². The molecule has 0 N–H and O–H groups in total. The second-order valence-electron chi connectivity index (χ2n) is 4.78. The first kappa shape index (κ1) is 13.5. The van der Waals surface area contributed by atoms with E-state index in [4.69, 9.17) is 5.26 Å². The monoisotopic (exact) mass is 281 g/mol. The third-order valence-electron chi connectivity index (χ3n) is 3.40. The topological polar surface area (TPSA) is 60.5 Å². The van der Waals surface area contributed by atoms with E-state index in [1.54, 1.807) is 24.4 Å². The minimum atomic E-state index is 0.539. The van der Waals surface area contributed by atoms with Crippen molar-refractivity contribution in [3.05, 3.63) is 78.0 Å². The number of nitrogens with zero attached hydrogens (tertiary/aromatic N) is 3. The van der Waals surface area contributed by atoms with Gasteiger partial charge >= 0.3 is 0 Å². The lowest BCUT2D eigenvalue weighted by atomic mass is 9.96. The fourth-order valence-corrected chi connectivity index (χ4v) is 2.33. The summed E-state index contributed by atoms with van der Waals surface area (Å²) in [6.45, 7) is 0. The average Bonchev–Trinajstić information content (AvgIpc) is 2.62. The van der Waals surface area contributed by atoms with E-state index in [0.717, 1.165) is 22.4 Å². The van der Waals surface area contributed by atoms with Gasteiger partial charge in [0.2, 0.25) is 0 Å². The fourth-order valence-electron chi connectivity index (χ4n) is 2.33. The summed E-state index contributed by atoms with van der Waals surface area (Å²) in [5.74, 6) is 0. The first-order valence-electron chi connectivity index (χ1n) is 6.78. The van der Waals surface area contributed by atoms with E-state index in [0.29, 0.717) is 11.1 Å². The maximum absolute atomic E-state index is 9.28. The molecular formula is C19H11N3. The lowest BCUT2D eigenvalue weighted by molar-refractivity contribution is 1.33. The van der Waals surface area contributed by atoms with E-state index in [1.807, 2.05) is 42.5 Å². The van der Waals surface area contributed by atoms with Crippen molar-refractivity contribution in [2.75, 3.05) is 0 Å². The number of rotatable bonds is 2. The minimum absolute atomic E-state index is 0.539. The molecule has 0 saturated heterocycles. The maximum Gasteiger partial charge on any atom is 0.0998 e. The predicted octanol–water partition coefficient (Wildman–Crippen LogP) is 4.16. The highest BCUT2D eigenvalue weighted by atomic mass is 14.7. The Balaban J connectivity index is 2.15. The smallest absolute Gasteiger partial charge is 0.0998 e. The summed E-state index contributed by atoms with van der Waals surface area (Å²) in [7, 11) is 0. The molecular weight excluding hydrogens is 270 g/mol. The van der Waals surface area contributed by atoms with Gasteiger partial charge in [0.25, 0.3) is 0 Å². The van der Waals surface area contributed by atoms with Gasteiger partial charge in [0.1, 0.15) is 0 Å². The van der Waals surface area contributed by atoms with Crippen LogP contribution in [0.3, 0.4) is 0 Å². The third kappa shape index (κ3) is 2.57. The van der Waals surface area contributed by atoms with Gasteiger partial charge in [-0.1, -0.05) is 24.3 Å². The summed E-state index contributed by atoms with van der Waals surface area (Å²) in [4.78, 5) is 4.34. The maximum atomic E-state index is 9.28. The molecule has 0 unspecified atom stereocenters. The molecule has 0 aliphatic carbocycles. The standard InChI is InChI=1S/C19H11N3/c20-12-14-7-8-17(13-21)18(10-14)15-4-3-5-16(11-15)19-6-1-2-9-22-19/h1-11H. The highest BCUT2D eigenvalue weighted by Gasteiger charge is 2.08. The minimum Gasteiger partial charge on any atom is -0.256 e. The fraction of sp³-hybridized carbons (Fsp3) is 0. The van der Waals surface area contributed by atoms with Gasteiger partial charge in [-0.25, -0.2) is 0 Å². The molecule has 0 saturated carbocycles. The Morgan fingerprint density at radius 2 is 1.64 bits per heavy atom. The molecule has 0 radical (unpaired) electrons. The number of hydrogen-bond donors (Lipinski definition) is 0. The molecule has 3 aromatic rings. The van der Waals surface area contributed by atoms with Crippen LogP contribution < -0.4 is 0 Å². The van der Waals surface area contributed by atoms with E-state index in [9.17, 15) is 5.26 Å². The van der Waals surface area contributed by atoms with Gasteiger partial charge in [-0.2, -0.15) is 10.5 Å². The van der Waals surface area contributed by atoms with Crippen LogP contribution in [0.1, 0.15) is 11.1 Å². The number of aromatic nitrogens is 1. The van der Waals surface area contributed by atoms with Gasteiger partial charge < -0.3 is 0 Å². The van der Waals surface area contributed by atoms with Gasteiger partial charge in [0, 0.05) is 17.3 Å². The first-order valence-corrected chi connectivity index (χ1v) is 6.78. The Bertz CT molecular complexity index is 900. The number of nitriles is 2. The van der Waals surface area contributed by atoms with E-state index in [-0.39, 0.29) is 0 Å². The summed E-state index contributed by atoms with van der Waals surface area (Å²) in [5, 5.41) is 18.3. The number of pyridine rings is 1. The molecule has 0 bridgehead atoms. The second-order valence-corrected chi connectivity index (χ2v) is 4.78. The summed E-state index contributed by atoms with van der Waals surface area (Å²) in [6.07, 6.45) is 1.75. The first-order chi connectivity index (χ1) is 10.8. The molecule has 1 heterocycles. The highest BCUT2D eigenvalue weighted by molar-refractivity contribution is 5.76. The molecule has 2 aromatic carbocycles. The van der Waals surface area contributed by atoms with Crippen molar-refractivity contribution in [1.29, 1.82) is 10.5 Å². The Kier molecular flexibility index (Phi) is 3.64. The summed E-state index contributed by atoms with van der Waals surface area (Å²) in [5.41, 5.74) is 4.61. The van der Waals surface area contributed by atoms with Crippen molar-refractivity contribution in [2.45, 2.75) is 0 Å². The highest BCUT2D eigenvalue weighted by Crippen LogP contribution is 2.28. The van der Waals surface area contributed by atoms with Crippen molar-refractivity contribution < 1.29 is 0 Å². The van der Waals surface area contributed by atoms with E-state index >= 15 is 0 Å². The molecule has 0 atom stereocenters. The van der Waals surface area contributed by atoms with Crippen LogP contribution >= 0.6 is 0 Å². The van der Waals surface area contributed by atoms with Crippen LogP contribution in [0, 0.1) is 22.7 Å². The van der Waals surface area contributed by atoms with Crippen molar-refractivity contribution in [2.24, 2.45) is 0 Å².